The van der Waals surface area contributed by atoms with Crippen LogP contribution in [-0.2, 0) is 4.79 Å². The first-order valence-corrected chi connectivity index (χ1v) is 9.28. The number of benzene rings is 2. The van der Waals surface area contributed by atoms with E-state index in [1.807, 2.05) is 6.92 Å². The van der Waals surface area contributed by atoms with Crippen LogP contribution in [-0.4, -0.2) is 24.7 Å². The van der Waals surface area contributed by atoms with Crippen LogP contribution in [0.2, 0.25) is 0 Å². The number of nitrogens with zero attached hydrogens (tertiary/aromatic N) is 1. The molecule has 0 spiro atoms. The first-order chi connectivity index (χ1) is 13.0. The van der Waals surface area contributed by atoms with Gasteiger partial charge in [0.25, 0.3) is 5.91 Å². The van der Waals surface area contributed by atoms with Crippen molar-refractivity contribution in [1.29, 1.82) is 0 Å². The summed E-state index contributed by atoms with van der Waals surface area (Å²) in [6, 6.07) is 9.51. The zero-order chi connectivity index (χ0) is 19.6. The third kappa shape index (κ3) is 3.81. The van der Waals surface area contributed by atoms with Crippen molar-refractivity contribution in [3.8, 4) is 11.5 Å². The average Bonchev–Trinajstić information content (AvgIpc) is 2.91. The summed E-state index contributed by atoms with van der Waals surface area (Å²) in [5.41, 5.74) is 1.03. The lowest BCUT2D eigenvalue weighted by molar-refractivity contribution is -0.113. The van der Waals surface area contributed by atoms with Gasteiger partial charge in [0.05, 0.1) is 23.9 Å². The fourth-order valence-electron chi connectivity index (χ4n) is 2.66. The second kappa shape index (κ2) is 8.06. The molecule has 1 heterocycles. The highest BCUT2D eigenvalue weighted by Gasteiger charge is 2.33. The fraction of sp³-hybridized carbons (Fsp3) is 0.158. The smallest absolute Gasteiger partial charge is 0.281 e. The van der Waals surface area contributed by atoms with Crippen LogP contribution in [0, 0.1) is 5.82 Å². The molecule has 0 unspecified atom stereocenters. The van der Waals surface area contributed by atoms with Crippen LogP contribution in [0.4, 0.5) is 10.1 Å². The van der Waals surface area contributed by atoms with Crippen LogP contribution in [0.15, 0.2) is 46.6 Å². The van der Waals surface area contributed by atoms with Gasteiger partial charge in [-0.2, -0.15) is 0 Å². The molecule has 140 valence electrons. The van der Waals surface area contributed by atoms with Crippen LogP contribution < -0.4 is 19.7 Å². The SMILES string of the molecule is CCOc1c(Br)cc(/C=C2\NC(=S)N(c3ccccc3F)C2=O)cc1OC. The van der Waals surface area contributed by atoms with E-state index in [1.165, 1.54) is 19.2 Å². The van der Waals surface area contributed by atoms with Crippen molar-refractivity contribution in [3.63, 3.8) is 0 Å². The van der Waals surface area contributed by atoms with Crippen molar-refractivity contribution in [3.05, 3.63) is 57.9 Å². The number of carbonyl (C=O) groups excluding carboxylic acids is 1. The highest BCUT2D eigenvalue weighted by atomic mass is 79.9. The van der Waals surface area contributed by atoms with Crippen LogP contribution in [0.3, 0.4) is 0 Å². The maximum Gasteiger partial charge on any atom is 0.281 e. The van der Waals surface area contributed by atoms with E-state index in [9.17, 15) is 9.18 Å². The van der Waals surface area contributed by atoms with Crippen LogP contribution in [0.1, 0.15) is 12.5 Å². The summed E-state index contributed by atoms with van der Waals surface area (Å²) < 4.78 is 25.7. The number of carbonyl (C=O) groups is 1. The van der Waals surface area contributed by atoms with E-state index in [4.69, 9.17) is 21.7 Å². The van der Waals surface area contributed by atoms with Gasteiger partial charge < -0.3 is 14.8 Å². The minimum absolute atomic E-state index is 0.105. The van der Waals surface area contributed by atoms with Crippen molar-refractivity contribution in [1.82, 2.24) is 5.32 Å². The second-order valence-corrected chi connectivity index (χ2v) is 6.79. The molecule has 3 rings (SSSR count). The number of methoxy groups -OCH3 is 1. The van der Waals surface area contributed by atoms with E-state index in [1.54, 1.807) is 30.3 Å². The molecule has 0 radical (unpaired) electrons. The molecule has 2 aromatic carbocycles. The minimum Gasteiger partial charge on any atom is -0.493 e. The predicted octanol–water partition coefficient (Wildman–Crippen LogP) is 4.26. The molecular formula is C19H16BrFN2O3S. The molecule has 1 aliphatic heterocycles. The molecule has 0 aliphatic carbocycles. The highest BCUT2D eigenvalue weighted by molar-refractivity contribution is 9.10. The summed E-state index contributed by atoms with van der Waals surface area (Å²) in [6.07, 6.45) is 1.62. The van der Waals surface area contributed by atoms with Gasteiger partial charge in [-0.05, 0) is 71.0 Å². The van der Waals surface area contributed by atoms with E-state index in [0.29, 0.717) is 28.1 Å². The Balaban J connectivity index is 1.97. The Hall–Kier alpha value is -2.45. The molecule has 1 fully saturated rings. The summed E-state index contributed by atoms with van der Waals surface area (Å²) in [5.74, 6) is 0.143. The Kier molecular flexibility index (Phi) is 5.76. The van der Waals surface area contributed by atoms with Crippen LogP contribution >= 0.6 is 28.1 Å². The second-order valence-electron chi connectivity index (χ2n) is 5.55. The average molecular weight is 451 g/mol. The molecule has 0 saturated carbocycles. The zero-order valence-corrected chi connectivity index (χ0v) is 17.0. The van der Waals surface area contributed by atoms with E-state index in [2.05, 4.69) is 21.2 Å². The molecule has 0 bridgehead atoms. The van der Waals surface area contributed by atoms with Gasteiger partial charge in [0.1, 0.15) is 11.5 Å². The van der Waals surface area contributed by atoms with Crippen molar-refractivity contribution in [2.75, 3.05) is 18.6 Å². The zero-order valence-electron chi connectivity index (χ0n) is 14.6. The molecule has 27 heavy (non-hydrogen) atoms. The summed E-state index contributed by atoms with van der Waals surface area (Å²) in [5, 5.41) is 2.96. The standard InChI is InChI=1S/C19H16BrFN2O3S/c1-3-26-17-12(20)8-11(10-16(17)25-2)9-14-18(24)23(19(27)22-14)15-7-5-4-6-13(15)21/h4-10H,3H2,1-2H3,(H,22,27)/b14-9-. The molecule has 1 N–H and O–H groups in total. The van der Waals surface area contributed by atoms with E-state index in [-0.39, 0.29) is 16.5 Å². The molecule has 5 nitrogen and oxygen atoms in total. The van der Waals surface area contributed by atoms with Gasteiger partial charge in [-0.25, -0.2) is 9.29 Å². The van der Waals surface area contributed by atoms with Crippen molar-refractivity contribution in [2.24, 2.45) is 0 Å². The number of nitrogens with one attached hydrogen (secondary N) is 1. The number of hydrogen-bond donors (Lipinski definition) is 1. The Morgan fingerprint density at radius 2 is 2.07 bits per heavy atom. The van der Waals surface area contributed by atoms with E-state index >= 15 is 0 Å². The van der Waals surface area contributed by atoms with Gasteiger partial charge in [-0.3, -0.25) is 4.79 Å². The summed E-state index contributed by atoms with van der Waals surface area (Å²) in [6.45, 7) is 2.36. The van der Waals surface area contributed by atoms with Gasteiger partial charge in [-0.15, -0.1) is 0 Å². The fourth-order valence-corrected chi connectivity index (χ4v) is 3.53. The molecule has 8 heteroatoms. The summed E-state index contributed by atoms with van der Waals surface area (Å²) in [4.78, 5) is 13.9. The maximum absolute atomic E-state index is 14.1. The number of rotatable bonds is 5. The van der Waals surface area contributed by atoms with Gasteiger partial charge in [0.15, 0.2) is 16.6 Å². The molecule has 0 atom stereocenters. The normalized spacial score (nSPS) is 15.3. The molecular weight excluding hydrogens is 435 g/mol. The number of hydrogen-bond acceptors (Lipinski definition) is 4. The molecule has 0 aromatic heterocycles. The number of thiocarbonyl (C=S) groups is 1. The third-order valence-electron chi connectivity index (χ3n) is 3.82. The molecule has 2 aromatic rings. The first-order valence-electron chi connectivity index (χ1n) is 8.08. The van der Waals surface area contributed by atoms with Crippen molar-refractivity contribution < 1.29 is 18.7 Å². The number of halogens is 2. The van der Waals surface area contributed by atoms with Gasteiger partial charge >= 0.3 is 0 Å². The van der Waals surface area contributed by atoms with Gasteiger partial charge in [0.2, 0.25) is 0 Å². The first kappa shape index (κ1) is 19.3. The quantitative estimate of drug-likeness (QED) is 0.544. The van der Waals surface area contributed by atoms with Crippen LogP contribution in [0.25, 0.3) is 6.08 Å². The Labute approximate surface area is 169 Å². The maximum atomic E-state index is 14.1. The number of para-hydroxylation sites is 1. The lowest BCUT2D eigenvalue weighted by Gasteiger charge is -2.14. The van der Waals surface area contributed by atoms with Crippen molar-refractivity contribution >= 4 is 50.9 Å². The largest absolute Gasteiger partial charge is 0.493 e. The lowest BCUT2D eigenvalue weighted by atomic mass is 10.1. The highest BCUT2D eigenvalue weighted by Crippen LogP contribution is 2.37. The summed E-state index contributed by atoms with van der Waals surface area (Å²) >= 11 is 8.66. The number of ether oxygens (including phenoxy) is 2. The van der Waals surface area contributed by atoms with Crippen molar-refractivity contribution in [2.45, 2.75) is 6.92 Å². The minimum atomic E-state index is -0.526. The third-order valence-corrected chi connectivity index (χ3v) is 4.70. The molecule has 1 aliphatic rings. The predicted molar refractivity (Wildman–Crippen MR) is 109 cm³/mol. The van der Waals surface area contributed by atoms with Crippen LogP contribution in [0.5, 0.6) is 11.5 Å². The monoisotopic (exact) mass is 450 g/mol. The van der Waals surface area contributed by atoms with Gasteiger partial charge in [-0.1, -0.05) is 12.1 Å². The van der Waals surface area contributed by atoms with Gasteiger partial charge in [0, 0.05) is 0 Å². The summed E-state index contributed by atoms with van der Waals surface area (Å²) in [7, 11) is 1.54. The number of amides is 1. The lowest BCUT2D eigenvalue weighted by Crippen LogP contribution is -2.31. The Morgan fingerprint density at radius 1 is 1.33 bits per heavy atom. The van der Waals surface area contributed by atoms with E-state index in [0.717, 1.165) is 4.90 Å². The Morgan fingerprint density at radius 3 is 2.74 bits per heavy atom. The Bertz CT molecular complexity index is 949. The topological polar surface area (TPSA) is 50.8 Å². The molecule has 1 amide bonds. The number of anilines is 1. The molecule has 1 saturated heterocycles. The van der Waals surface area contributed by atoms with E-state index < -0.39 is 11.7 Å².